The molecule has 0 amide bonds. The highest BCUT2D eigenvalue weighted by atomic mass is 16.7. The third-order valence-corrected chi connectivity index (χ3v) is 14.2. The van der Waals surface area contributed by atoms with Crippen molar-refractivity contribution >= 4 is 5.97 Å². The number of aliphatic hydroxyl groups excluding tert-OH is 3. The van der Waals surface area contributed by atoms with Gasteiger partial charge in [-0.2, -0.15) is 0 Å². The van der Waals surface area contributed by atoms with Gasteiger partial charge in [0.25, 0.3) is 0 Å². The maximum atomic E-state index is 14.6. The minimum atomic E-state index is -1.85. The van der Waals surface area contributed by atoms with Crippen molar-refractivity contribution in [2.75, 3.05) is 7.11 Å². The fourth-order valence-corrected chi connectivity index (χ4v) is 10.5. The second-order valence-electron chi connectivity index (χ2n) is 19.3. The number of hydrogen-bond donors (Lipinski definition) is 4. The lowest BCUT2D eigenvalue weighted by molar-refractivity contribution is -0.317. The molecular formula is C49H73NO12. The average Bonchev–Trinajstić information content (AvgIpc) is 3.56. The van der Waals surface area contributed by atoms with Gasteiger partial charge in [0.2, 0.25) is 0 Å². The predicted molar refractivity (Wildman–Crippen MR) is 232 cm³/mol. The zero-order valence-electron chi connectivity index (χ0n) is 38.6. The van der Waals surface area contributed by atoms with E-state index < -0.39 is 95.8 Å². The molecule has 6 rings (SSSR count). The van der Waals surface area contributed by atoms with Crippen LogP contribution in [-0.4, -0.2) is 123 Å². The number of hydrogen-bond acceptors (Lipinski definition) is 13. The SMILES string of the molecule is CC[C@@H](O)[C@@](C)(O)[C@@H]1OC(=O)[C@H](C)[C@@H](O[C@H]2CC(C)(OC)[C@@H](O)C(C)O2)[C@H](C)[C@@H](O[C@@H]2OC(C)CC(N(Cc3ccccc3)Cc3ccccc3)C2O)C2(C)CC(C)=C(O2)[C@@H]1C. The maximum Gasteiger partial charge on any atom is 0.311 e. The lowest BCUT2D eigenvalue weighted by Crippen LogP contribution is -2.60. The monoisotopic (exact) mass is 868 g/mol. The fourth-order valence-electron chi connectivity index (χ4n) is 10.5. The fraction of sp³-hybridized carbons (Fsp3) is 0.694. The quantitative estimate of drug-likeness (QED) is 0.173. The Labute approximate surface area is 368 Å². The molecule has 13 nitrogen and oxygen atoms in total. The van der Waals surface area contributed by atoms with Crippen LogP contribution in [0.25, 0.3) is 0 Å². The summed E-state index contributed by atoms with van der Waals surface area (Å²) in [6.45, 7) is 19.3. The number of fused-ring (bicyclic) bond motifs is 2. The summed E-state index contributed by atoms with van der Waals surface area (Å²) in [5, 5.41) is 46.6. The minimum Gasteiger partial charge on any atom is -0.488 e. The molecule has 3 saturated heterocycles. The van der Waals surface area contributed by atoms with Gasteiger partial charge >= 0.3 is 5.97 Å². The highest BCUT2D eigenvalue weighted by Crippen LogP contribution is 2.48. The van der Waals surface area contributed by atoms with Gasteiger partial charge in [0.05, 0.1) is 41.9 Å². The van der Waals surface area contributed by atoms with Crippen LogP contribution in [0.15, 0.2) is 72.0 Å². The van der Waals surface area contributed by atoms with Gasteiger partial charge in [0.1, 0.15) is 41.4 Å². The predicted octanol–water partition coefficient (Wildman–Crippen LogP) is 6.03. The zero-order valence-corrected chi connectivity index (χ0v) is 38.6. The van der Waals surface area contributed by atoms with Gasteiger partial charge < -0.3 is 53.6 Å². The number of carbonyl (C=O) groups excluding carboxylic acids is 1. The Balaban J connectivity index is 1.40. The first-order chi connectivity index (χ1) is 29.2. The standard InChI is InChI=1S/C49H73NO12/c1-12-37(51)49(10,55)44-30(4)40-28(2)24-48(9,62-40)43(31(5)41(32(6)45(54)60-44)59-38-25-47(8,56-11)42(53)33(7)58-38)61-46-39(52)36(23-29(3)57-46)50(26-34-19-15-13-16-20-34)27-35-21-17-14-18-22-35/h13-22,29-33,36-39,41-44,46,51-53,55H,12,23-27H2,1-11H3/t29?,30-,31-,32+,33?,36?,37+,38-,39?,41-,42-,43+,44+,46-,47?,48?,49+/m0/s1. The summed E-state index contributed by atoms with van der Waals surface area (Å²) in [5.41, 5.74) is -0.855. The zero-order chi connectivity index (χ0) is 45.3. The largest absolute Gasteiger partial charge is 0.488 e. The van der Waals surface area contributed by atoms with E-state index >= 15 is 0 Å². The van der Waals surface area contributed by atoms with Crippen LogP contribution in [0.4, 0.5) is 0 Å². The molecule has 62 heavy (non-hydrogen) atoms. The number of benzene rings is 2. The van der Waals surface area contributed by atoms with Gasteiger partial charge in [0, 0.05) is 45.0 Å². The van der Waals surface area contributed by atoms with Crippen molar-refractivity contribution in [3.05, 3.63) is 83.1 Å². The Kier molecular flexibility index (Phi) is 15.4. The highest BCUT2D eigenvalue weighted by molar-refractivity contribution is 5.73. The molecule has 4 heterocycles. The highest BCUT2D eigenvalue weighted by Gasteiger charge is 2.57. The molecule has 0 saturated carbocycles. The molecule has 0 spiro atoms. The normalized spacial score (nSPS) is 39.7. The Morgan fingerprint density at radius 1 is 0.919 bits per heavy atom. The second-order valence-corrected chi connectivity index (χ2v) is 19.3. The van der Waals surface area contributed by atoms with Crippen LogP contribution in [0.5, 0.6) is 0 Å². The van der Waals surface area contributed by atoms with E-state index in [1.807, 2.05) is 71.0 Å². The Morgan fingerprint density at radius 3 is 2.08 bits per heavy atom. The van der Waals surface area contributed by atoms with Crippen molar-refractivity contribution in [2.45, 2.75) is 192 Å². The van der Waals surface area contributed by atoms with Crippen molar-refractivity contribution in [3.8, 4) is 0 Å². The van der Waals surface area contributed by atoms with Crippen LogP contribution in [-0.2, 0) is 51.0 Å². The number of ether oxygens (including phenoxy) is 7. The summed E-state index contributed by atoms with van der Waals surface area (Å²) in [7, 11) is 1.53. The van der Waals surface area contributed by atoms with E-state index in [1.165, 1.54) is 14.0 Å². The van der Waals surface area contributed by atoms with E-state index in [4.69, 9.17) is 33.2 Å². The summed E-state index contributed by atoms with van der Waals surface area (Å²) in [6.07, 6.45) is -7.89. The molecule has 13 heteroatoms. The molecule has 0 aromatic heterocycles. The molecule has 346 valence electrons. The summed E-state index contributed by atoms with van der Waals surface area (Å²) in [4.78, 5) is 16.9. The molecule has 6 unspecified atom stereocenters. The molecule has 0 radical (unpaired) electrons. The van der Waals surface area contributed by atoms with Crippen molar-refractivity contribution in [2.24, 2.45) is 17.8 Å². The maximum absolute atomic E-state index is 14.6. The van der Waals surface area contributed by atoms with Gasteiger partial charge in [-0.05, 0) is 78.0 Å². The topological polar surface area (TPSA) is 166 Å². The van der Waals surface area contributed by atoms with Crippen LogP contribution >= 0.6 is 0 Å². The molecule has 4 aliphatic rings. The second kappa shape index (κ2) is 19.7. The number of rotatable bonds is 13. The van der Waals surface area contributed by atoms with E-state index in [0.717, 1.165) is 16.7 Å². The lowest BCUT2D eigenvalue weighted by atomic mass is 9.78. The third kappa shape index (κ3) is 10.1. The smallest absolute Gasteiger partial charge is 0.311 e. The summed E-state index contributed by atoms with van der Waals surface area (Å²) in [6, 6.07) is 20.0. The molecular weight excluding hydrogens is 795 g/mol. The van der Waals surface area contributed by atoms with E-state index in [2.05, 4.69) is 29.2 Å². The number of carbonyl (C=O) groups is 1. The van der Waals surface area contributed by atoms with Crippen molar-refractivity contribution in [1.29, 1.82) is 0 Å². The lowest BCUT2D eigenvalue weighted by Gasteiger charge is -2.49. The summed E-state index contributed by atoms with van der Waals surface area (Å²) >= 11 is 0. The van der Waals surface area contributed by atoms with E-state index in [1.54, 1.807) is 27.7 Å². The first kappa shape index (κ1) is 48.5. The van der Waals surface area contributed by atoms with Crippen LogP contribution in [0.2, 0.25) is 0 Å². The van der Waals surface area contributed by atoms with E-state index in [-0.39, 0.29) is 25.0 Å². The molecule has 0 aliphatic carbocycles. The van der Waals surface area contributed by atoms with Gasteiger partial charge in [0.15, 0.2) is 12.6 Å². The first-order valence-corrected chi connectivity index (χ1v) is 22.6. The van der Waals surface area contributed by atoms with Crippen molar-refractivity contribution in [1.82, 2.24) is 4.90 Å². The average molecular weight is 868 g/mol. The molecule has 3 fully saturated rings. The number of esters is 1. The third-order valence-electron chi connectivity index (χ3n) is 14.2. The van der Waals surface area contributed by atoms with Gasteiger partial charge in [-0.15, -0.1) is 0 Å². The number of methoxy groups -OCH3 is 1. The number of cyclic esters (lactones) is 1. The molecule has 4 N–H and O–H groups in total. The van der Waals surface area contributed by atoms with E-state index in [9.17, 15) is 25.2 Å². The van der Waals surface area contributed by atoms with Crippen molar-refractivity contribution in [3.63, 3.8) is 0 Å². The van der Waals surface area contributed by atoms with Crippen LogP contribution < -0.4 is 0 Å². The Bertz CT molecular complexity index is 1770. The Hall–Kier alpha value is -2.95. The summed E-state index contributed by atoms with van der Waals surface area (Å²) in [5.74, 6) is -2.40. The van der Waals surface area contributed by atoms with Crippen LogP contribution in [0.3, 0.4) is 0 Å². The van der Waals surface area contributed by atoms with Crippen LogP contribution in [0.1, 0.15) is 106 Å². The van der Waals surface area contributed by atoms with E-state index in [0.29, 0.717) is 31.7 Å². The molecule has 2 aromatic carbocycles. The molecule has 17 atom stereocenters. The van der Waals surface area contributed by atoms with Crippen molar-refractivity contribution < 1.29 is 58.4 Å². The van der Waals surface area contributed by atoms with Gasteiger partial charge in [-0.3, -0.25) is 9.69 Å². The number of nitrogens with zero attached hydrogens (tertiary/aromatic N) is 1. The van der Waals surface area contributed by atoms with Gasteiger partial charge in [-0.1, -0.05) is 81.4 Å². The first-order valence-electron chi connectivity index (χ1n) is 22.6. The van der Waals surface area contributed by atoms with Crippen LogP contribution in [0, 0.1) is 17.8 Å². The molecule has 2 bridgehead atoms. The molecule has 4 aliphatic heterocycles. The Morgan fingerprint density at radius 2 is 1.52 bits per heavy atom. The number of aliphatic hydroxyl groups is 4. The minimum absolute atomic E-state index is 0.156. The summed E-state index contributed by atoms with van der Waals surface area (Å²) < 4.78 is 46.0. The van der Waals surface area contributed by atoms with Gasteiger partial charge in [-0.25, -0.2) is 0 Å². The molecule has 2 aromatic rings.